The fourth-order valence-electron chi connectivity index (χ4n) is 1.04. The molecule has 84 valence electrons. The van der Waals surface area contributed by atoms with E-state index in [-0.39, 0.29) is 18.5 Å². The van der Waals surface area contributed by atoms with E-state index in [1.807, 2.05) is 31.2 Å². The highest BCUT2D eigenvalue weighted by atomic mass is 79.9. The molecule has 0 radical (unpaired) electrons. The lowest BCUT2D eigenvalue weighted by atomic mass is 10.3. The summed E-state index contributed by atoms with van der Waals surface area (Å²) in [5.41, 5.74) is 0.767. The van der Waals surface area contributed by atoms with Crippen molar-refractivity contribution >= 4 is 27.5 Å². The Morgan fingerprint density at radius 1 is 1.50 bits per heavy atom. The third kappa shape index (κ3) is 4.47. The predicted molar refractivity (Wildman–Crippen MR) is 69.1 cm³/mol. The van der Waals surface area contributed by atoms with Crippen LogP contribution in [0.3, 0.4) is 0 Å². The van der Waals surface area contributed by atoms with Crippen molar-refractivity contribution in [2.24, 2.45) is 0 Å². The maximum absolute atomic E-state index is 11.5. The molecule has 1 aromatic rings. The summed E-state index contributed by atoms with van der Waals surface area (Å²) < 4.78 is 0.976. The van der Waals surface area contributed by atoms with E-state index in [2.05, 4.69) is 32.5 Å². The van der Waals surface area contributed by atoms with Crippen molar-refractivity contribution in [1.82, 2.24) is 5.32 Å². The summed E-state index contributed by atoms with van der Waals surface area (Å²) in [7, 11) is 0. The van der Waals surface area contributed by atoms with E-state index in [9.17, 15) is 4.79 Å². The second kappa shape index (κ2) is 6.31. The van der Waals surface area contributed by atoms with Gasteiger partial charge >= 0.3 is 0 Å². The molecular formula is C12H13BrN2O. The van der Waals surface area contributed by atoms with Gasteiger partial charge in [0.15, 0.2) is 0 Å². The topological polar surface area (TPSA) is 41.1 Å². The molecule has 3 nitrogen and oxygen atoms in total. The average Bonchev–Trinajstić information content (AvgIpc) is 2.29. The van der Waals surface area contributed by atoms with Gasteiger partial charge in [-0.15, -0.1) is 6.42 Å². The zero-order valence-electron chi connectivity index (χ0n) is 8.96. The van der Waals surface area contributed by atoms with Crippen molar-refractivity contribution in [2.45, 2.75) is 13.0 Å². The Labute approximate surface area is 104 Å². The lowest BCUT2D eigenvalue weighted by molar-refractivity contribution is -0.115. The summed E-state index contributed by atoms with van der Waals surface area (Å²) >= 11 is 3.32. The van der Waals surface area contributed by atoms with Gasteiger partial charge in [-0.2, -0.15) is 0 Å². The molecule has 1 rings (SSSR count). The van der Waals surface area contributed by atoms with Gasteiger partial charge in [-0.1, -0.05) is 21.9 Å². The second-order valence-corrected chi connectivity index (χ2v) is 4.24. The van der Waals surface area contributed by atoms with Crippen LogP contribution in [0.15, 0.2) is 28.7 Å². The molecule has 0 aliphatic rings. The van der Waals surface area contributed by atoms with Gasteiger partial charge in [0.05, 0.1) is 12.6 Å². The molecular weight excluding hydrogens is 268 g/mol. The van der Waals surface area contributed by atoms with Crippen LogP contribution in [-0.4, -0.2) is 18.5 Å². The number of halogens is 1. The molecule has 1 atom stereocenters. The number of terminal acetylenes is 1. The van der Waals surface area contributed by atoms with Crippen LogP contribution in [0.4, 0.5) is 5.69 Å². The molecule has 0 aliphatic heterocycles. The maximum atomic E-state index is 11.5. The minimum atomic E-state index is -0.107. The SMILES string of the molecule is C#CC(C)NCC(=O)Nc1ccc(Br)cc1. The molecule has 1 amide bonds. The highest BCUT2D eigenvalue weighted by molar-refractivity contribution is 9.10. The van der Waals surface area contributed by atoms with E-state index in [0.717, 1.165) is 10.2 Å². The molecule has 4 heteroatoms. The Hall–Kier alpha value is -1.31. The number of anilines is 1. The molecule has 2 N–H and O–H groups in total. The third-order valence-corrected chi connectivity index (χ3v) is 2.48. The first-order valence-electron chi connectivity index (χ1n) is 4.86. The molecule has 0 heterocycles. The Kier molecular flexibility index (Phi) is 5.03. The number of amides is 1. The Bertz CT molecular complexity index is 394. The summed E-state index contributed by atoms with van der Waals surface area (Å²) in [5, 5.41) is 5.66. The van der Waals surface area contributed by atoms with E-state index in [1.54, 1.807) is 0 Å². The minimum Gasteiger partial charge on any atom is -0.325 e. The second-order valence-electron chi connectivity index (χ2n) is 3.32. The number of hydrogen-bond donors (Lipinski definition) is 2. The molecule has 0 aromatic heterocycles. The number of carbonyl (C=O) groups excluding carboxylic acids is 1. The lowest BCUT2D eigenvalue weighted by Gasteiger charge is -2.08. The van der Waals surface area contributed by atoms with Crippen LogP contribution in [0.25, 0.3) is 0 Å². The molecule has 0 fully saturated rings. The molecule has 0 saturated heterocycles. The Balaban J connectivity index is 2.40. The first kappa shape index (κ1) is 12.8. The van der Waals surface area contributed by atoms with E-state index in [1.165, 1.54) is 0 Å². The van der Waals surface area contributed by atoms with Crippen molar-refractivity contribution in [3.63, 3.8) is 0 Å². The maximum Gasteiger partial charge on any atom is 0.238 e. The Morgan fingerprint density at radius 2 is 2.12 bits per heavy atom. The number of carbonyl (C=O) groups is 1. The summed E-state index contributed by atoms with van der Waals surface area (Å²) in [4.78, 5) is 11.5. The van der Waals surface area contributed by atoms with E-state index >= 15 is 0 Å². The highest BCUT2D eigenvalue weighted by Gasteiger charge is 2.03. The number of hydrogen-bond acceptors (Lipinski definition) is 2. The van der Waals surface area contributed by atoms with E-state index < -0.39 is 0 Å². The molecule has 1 unspecified atom stereocenters. The van der Waals surface area contributed by atoms with Crippen LogP contribution < -0.4 is 10.6 Å². The van der Waals surface area contributed by atoms with Crippen LogP contribution in [0.2, 0.25) is 0 Å². The van der Waals surface area contributed by atoms with Gasteiger partial charge in [0.1, 0.15) is 0 Å². The predicted octanol–water partition coefficient (Wildman–Crippen LogP) is 2.00. The first-order chi connectivity index (χ1) is 7.61. The van der Waals surface area contributed by atoms with Gasteiger partial charge in [0.2, 0.25) is 5.91 Å². The molecule has 0 bridgehead atoms. The van der Waals surface area contributed by atoms with Crippen LogP contribution in [0.1, 0.15) is 6.92 Å². The molecule has 0 spiro atoms. The summed E-state index contributed by atoms with van der Waals surface area (Å²) in [6.45, 7) is 2.04. The Morgan fingerprint density at radius 3 is 2.69 bits per heavy atom. The lowest BCUT2D eigenvalue weighted by Crippen LogP contribution is -2.33. The van der Waals surface area contributed by atoms with Gasteiger partial charge in [-0.25, -0.2) is 0 Å². The molecule has 16 heavy (non-hydrogen) atoms. The molecule has 0 aliphatic carbocycles. The van der Waals surface area contributed by atoms with Crippen LogP contribution in [0, 0.1) is 12.3 Å². The van der Waals surface area contributed by atoms with Crippen LogP contribution in [-0.2, 0) is 4.79 Å². The van der Waals surface area contributed by atoms with Gasteiger partial charge in [0.25, 0.3) is 0 Å². The number of nitrogens with one attached hydrogen (secondary N) is 2. The van der Waals surface area contributed by atoms with E-state index in [4.69, 9.17) is 6.42 Å². The summed E-state index contributed by atoms with van der Waals surface area (Å²) in [6.07, 6.45) is 5.18. The first-order valence-corrected chi connectivity index (χ1v) is 5.66. The van der Waals surface area contributed by atoms with Crippen molar-refractivity contribution in [1.29, 1.82) is 0 Å². The zero-order chi connectivity index (χ0) is 12.0. The van der Waals surface area contributed by atoms with Crippen LogP contribution >= 0.6 is 15.9 Å². The quantitative estimate of drug-likeness (QED) is 0.829. The monoisotopic (exact) mass is 280 g/mol. The zero-order valence-corrected chi connectivity index (χ0v) is 10.5. The number of rotatable bonds is 4. The van der Waals surface area contributed by atoms with Crippen molar-refractivity contribution in [3.05, 3.63) is 28.7 Å². The summed E-state index contributed by atoms with van der Waals surface area (Å²) in [6, 6.07) is 7.29. The molecule has 1 aromatic carbocycles. The van der Waals surface area contributed by atoms with Gasteiger partial charge < -0.3 is 5.32 Å². The summed E-state index contributed by atoms with van der Waals surface area (Å²) in [5.74, 6) is 2.39. The highest BCUT2D eigenvalue weighted by Crippen LogP contribution is 2.13. The average molecular weight is 281 g/mol. The van der Waals surface area contributed by atoms with Crippen molar-refractivity contribution < 1.29 is 4.79 Å². The fourth-order valence-corrected chi connectivity index (χ4v) is 1.31. The van der Waals surface area contributed by atoms with Crippen molar-refractivity contribution in [2.75, 3.05) is 11.9 Å². The third-order valence-electron chi connectivity index (χ3n) is 1.95. The van der Waals surface area contributed by atoms with Crippen LogP contribution in [0.5, 0.6) is 0 Å². The molecule has 0 saturated carbocycles. The smallest absolute Gasteiger partial charge is 0.238 e. The fraction of sp³-hybridized carbons (Fsp3) is 0.250. The minimum absolute atomic E-state index is 0.101. The largest absolute Gasteiger partial charge is 0.325 e. The normalized spacial score (nSPS) is 11.6. The standard InChI is InChI=1S/C12H13BrN2O/c1-3-9(2)14-8-12(16)15-11-6-4-10(13)5-7-11/h1,4-7,9,14H,8H2,2H3,(H,15,16). The van der Waals surface area contributed by atoms with Crippen molar-refractivity contribution in [3.8, 4) is 12.3 Å². The van der Waals surface area contributed by atoms with Gasteiger partial charge in [0, 0.05) is 10.2 Å². The van der Waals surface area contributed by atoms with Gasteiger partial charge in [-0.3, -0.25) is 10.1 Å². The number of benzene rings is 1. The van der Waals surface area contributed by atoms with Gasteiger partial charge in [-0.05, 0) is 31.2 Å². The van der Waals surface area contributed by atoms with E-state index in [0.29, 0.717) is 0 Å².